The second-order valence-electron chi connectivity index (χ2n) is 6.17. The van der Waals surface area contributed by atoms with Crippen molar-refractivity contribution in [1.82, 2.24) is 4.98 Å². The van der Waals surface area contributed by atoms with E-state index in [2.05, 4.69) is 10.3 Å². The van der Waals surface area contributed by atoms with Crippen LogP contribution in [-0.2, 0) is 9.53 Å². The van der Waals surface area contributed by atoms with Gasteiger partial charge in [-0.15, -0.1) is 11.3 Å². The first-order chi connectivity index (χ1) is 14.4. The molecular weight excluding hydrogens is 410 g/mol. The molecule has 0 bridgehead atoms. The highest BCUT2D eigenvalue weighted by Crippen LogP contribution is 2.27. The molecule has 0 aliphatic carbocycles. The fourth-order valence-electron chi connectivity index (χ4n) is 2.52. The molecule has 0 saturated heterocycles. The van der Waals surface area contributed by atoms with Crippen molar-refractivity contribution in [2.45, 2.75) is 6.92 Å². The molecule has 10 heteroatoms. The molecular formula is C20H17N3O6S. The summed E-state index contributed by atoms with van der Waals surface area (Å²) in [4.78, 5) is 39.0. The summed E-state index contributed by atoms with van der Waals surface area (Å²) in [6, 6.07) is 11.6. The standard InChI is InChI=1S/C20H17N3O6S/c1-12-3-8-15(17(9-12)23(26)27)21-18(24)10-29-20(25)16-11-30-19(22-16)13-4-6-14(28-2)7-5-13/h3-9,11H,10H2,1-2H3,(H,21,24). The summed E-state index contributed by atoms with van der Waals surface area (Å²) in [6.07, 6.45) is 0. The van der Waals surface area contributed by atoms with Crippen LogP contribution in [0.25, 0.3) is 10.6 Å². The van der Waals surface area contributed by atoms with Gasteiger partial charge in [0, 0.05) is 17.0 Å². The van der Waals surface area contributed by atoms with Gasteiger partial charge in [-0.1, -0.05) is 6.07 Å². The van der Waals surface area contributed by atoms with Crippen LogP contribution in [0.15, 0.2) is 47.8 Å². The number of ether oxygens (including phenoxy) is 2. The van der Waals surface area contributed by atoms with Crippen molar-refractivity contribution in [2.24, 2.45) is 0 Å². The largest absolute Gasteiger partial charge is 0.497 e. The van der Waals surface area contributed by atoms with Gasteiger partial charge in [-0.25, -0.2) is 9.78 Å². The Hall–Kier alpha value is -3.79. The van der Waals surface area contributed by atoms with Crippen LogP contribution in [0, 0.1) is 17.0 Å². The lowest BCUT2D eigenvalue weighted by Gasteiger charge is -2.07. The predicted octanol–water partition coefficient (Wildman–Crippen LogP) is 3.83. The van der Waals surface area contributed by atoms with Gasteiger partial charge >= 0.3 is 5.97 Å². The number of anilines is 1. The van der Waals surface area contributed by atoms with Gasteiger partial charge in [0.25, 0.3) is 11.6 Å². The first-order valence-corrected chi connectivity index (χ1v) is 9.57. The molecule has 3 rings (SSSR count). The number of rotatable bonds is 7. The molecule has 1 heterocycles. The molecule has 3 aromatic rings. The zero-order valence-corrected chi connectivity index (χ0v) is 16.9. The van der Waals surface area contributed by atoms with E-state index in [1.165, 1.54) is 28.8 Å². The first-order valence-electron chi connectivity index (χ1n) is 8.69. The van der Waals surface area contributed by atoms with Gasteiger partial charge in [0.1, 0.15) is 16.4 Å². The maximum absolute atomic E-state index is 12.2. The number of benzene rings is 2. The van der Waals surface area contributed by atoms with Gasteiger partial charge < -0.3 is 14.8 Å². The number of nitro groups is 1. The van der Waals surface area contributed by atoms with Crippen molar-refractivity contribution in [1.29, 1.82) is 0 Å². The molecule has 0 saturated carbocycles. The van der Waals surface area contributed by atoms with Crippen LogP contribution in [0.2, 0.25) is 0 Å². The van der Waals surface area contributed by atoms with Crippen LogP contribution < -0.4 is 10.1 Å². The topological polar surface area (TPSA) is 121 Å². The molecule has 0 atom stereocenters. The van der Waals surface area contributed by atoms with E-state index in [9.17, 15) is 19.7 Å². The summed E-state index contributed by atoms with van der Waals surface area (Å²) in [7, 11) is 1.57. The van der Waals surface area contributed by atoms with Crippen LogP contribution in [-0.4, -0.2) is 35.5 Å². The minimum atomic E-state index is -0.764. The number of amides is 1. The summed E-state index contributed by atoms with van der Waals surface area (Å²) in [5, 5.41) is 15.6. The fraction of sp³-hybridized carbons (Fsp3) is 0.150. The number of methoxy groups -OCH3 is 1. The minimum absolute atomic E-state index is 0.0297. The number of carbonyl (C=O) groups is 2. The number of aromatic nitrogens is 1. The van der Waals surface area contributed by atoms with E-state index < -0.39 is 23.4 Å². The lowest BCUT2D eigenvalue weighted by atomic mass is 10.2. The highest BCUT2D eigenvalue weighted by Gasteiger charge is 2.18. The Balaban J connectivity index is 1.60. The average molecular weight is 427 g/mol. The van der Waals surface area contributed by atoms with E-state index in [-0.39, 0.29) is 17.1 Å². The third kappa shape index (κ3) is 4.97. The monoisotopic (exact) mass is 427 g/mol. The van der Waals surface area contributed by atoms with Gasteiger partial charge in [0.05, 0.1) is 12.0 Å². The molecule has 1 aromatic heterocycles. The van der Waals surface area contributed by atoms with Crippen LogP contribution in [0.1, 0.15) is 16.1 Å². The first kappa shape index (κ1) is 20.9. The lowest BCUT2D eigenvalue weighted by molar-refractivity contribution is -0.384. The quantitative estimate of drug-likeness (QED) is 0.345. The zero-order valence-electron chi connectivity index (χ0n) is 16.1. The minimum Gasteiger partial charge on any atom is -0.497 e. The van der Waals surface area contributed by atoms with E-state index in [1.807, 2.05) is 12.1 Å². The van der Waals surface area contributed by atoms with Crippen LogP contribution in [0.3, 0.4) is 0 Å². The molecule has 9 nitrogen and oxygen atoms in total. The Morgan fingerprint density at radius 1 is 1.20 bits per heavy atom. The van der Waals surface area contributed by atoms with Crippen LogP contribution in [0.5, 0.6) is 5.75 Å². The number of hydrogen-bond acceptors (Lipinski definition) is 8. The zero-order chi connectivity index (χ0) is 21.7. The van der Waals surface area contributed by atoms with E-state index in [0.29, 0.717) is 16.3 Å². The fourth-order valence-corrected chi connectivity index (χ4v) is 3.32. The average Bonchev–Trinajstić information content (AvgIpc) is 3.23. The second kappa shape index (κ2) is 9.14. The molecule has 0 radical (unpaired) electrons. The number of thiazole rings is 1. The summed E-state index contributed by atoms with van der Waals surface area (Å²) < 4.78 is 10.1. The van der Waals surface area contributed by atoms with Crippen molar-refractivity contribution in [3.63, 3.8) is 0 Å². The summed E-state index contributed by atoms with van der Waals surface area (Å²) >= 11 is 1.26. The normalized spacial score (nSPS) is 10.3. The SMILES string of the molecule is COc1ccc(-c2nc(C(=O)OCC(=O)Nc3ccc(C)cc3[N+](=O)[O-])cs2)cc1. The molecule has 1 amide bonds. The summed E-state index contributed by atoms with van der Waals surface area (Å²) in [6.45, 7) is 1.10. The highest BCUT2D eigenvalue weighted by atomic mass is 32.1. The molecule has 0 unspecified atom stereocenters. The smallest absolute Gasteiger partial charge is 0.358 e. The van der Waals surface area contributed by atoms with E-state index >= 15 is 0 Å². The number of nitro benzene ring substituents is 1. The van der Waals surface area contributed by atoms with E-state index in [4.69, 9.17) is 9.47 Å². The number of nitrogens with zero attached hydrogens (tertiary/aromatic N) is 2. The van der Waals surface area contributed by atoms with Gasteiger partial charge in [-0.2, -0.15) is 0 Å². The Labute approximate surface area is 175 Å². The number of carbonyl (C=O) groups excluding carboxylic acids is 2. The second-order valence-corrected chi connectivity index (χ2v) is 7.03. The van der Waals surface area contributed by atoms with E-state index in [1.54, 1.807) is 32.2 Å². The Kier molecular flexibility index (Phi) is 6.38. The molecule has 30 heavy (non-hydrogen) atoms. The molecule has 0 fully saturated rings. The van der Waals surface area contributed by atoms with Gasteiger partial charge in [0.15, 0.2) is 12.3 Å². The number of nitrogens with one attached hydrogen (secondary N) is 1. The van der Waals surface area contributed by atoms with Crippen molar-refractivity contribution in [3.8, 4) is 16.3 Å². The third-order valence-corrected chi connectivity index (χ3v) is 4.90. The molecule has 0 aliphatic heterocycles. The van der Waals surface area contributed by atoms with Gasteiger partial charge in [-0.3, -0.25) is 14.9 Å². The Morgan fingerprint density at radius 3 is 2.60 bits per heavy atom. The molecule has 1 N–H and O–H groups in total. The van der Waals surface area contributed by atoms with E-state index in [0.717, 1.165) is 5.56 Å². The maximum atomic E-state index is 12.2. The molecule has 154 valence electrons. The molecule has 2 aromatic carbocycles. The Bertz CT molecular complexity index is 1090. The Morgan fingerprint density at radius 2 is 1.93 bits per heavy atom. The molecule has 0 spiro atoms. The summed E-state index contributed by atoms with van der Waals surface area (Å²) in [5.41, 5.74) is 1.35. The maximum Gasteiger partial charge on any atom is 0.358 e. The lowest BCUT2D eigenvalue weighted by Crippen LogP contribution is -2.21. The predicted molar refractivity (Wildman–Crippen MR) is 111 cm³/mol. The van der Waals surface area contributed by atoms with Crippen LogP contribution in [0.4, 0.5) is 11.4 Å². The van der Waals surface area contributed by atoms with Crippen LogP contribution >= 0.6 is 11.3 Å². The highest BCUT2D eigenvalue weighted by molar-refractivity contribution is 7.13. The van der Waals surface area contributed by atoms with Gasteiger partial charge in [0.2, 0.25) is 0 Å². The number of esters is 1. The number of aryl methyl sites for hydroxylation is 1. The van der Waals surface area contributed by atoms with Crippen molar-refractivity contribution in [2.75, 3.05) is 19.0 Å². The summed E-state index contributed by atoms with van der Waals surface area (Å²) in [5.74, 6) is -0.754. The van der Waals surface area contributed by atoms with Crippen molar-refractivity contribution < 1.29 is 24.0 Å². The van der Waals surface area contributed by atoms with Crippen molar-refractivity contribution in [3.05, 3.63) is 69.2 Å². The molecule has 0 aliphatic rings. The number of hydrogen-bond donors (Lipinski definition) is 1. The van der Waals surface area contributed by atoms with Gasteiger partial charge in [-0.05, 0) is 42.8 Å². The van der Waals surface area contributed by atoms with Crippen molar-refractivity contribution >= 4 is 34.6 Å². The third-order valence-electron chi connectivity index (χ3n) is 4.01.